The standard InChI is InChI=1S/C20H32N6O8/c1-10(2)5-12(21)17(30)25-14(6-11-7-22-9-23-11)18(31)26-15(8-27)19(32)24-13(20(33)34)3-4-16(28)29/h7,9-10,12-15,27H,3-6,8,21H2,1-2H3,(H,22,23)(H,24,32)(H,25,30)(H,26,31)(H,28,29)(H,33,34). The Hall–Kier alpha value is -3.52. The molecule has 1 aromatic heterocycles. The Morgan fingerprint density at radius 1 is 1.00 bits per heavy atom. The van der Waals surface area contributed by atoms with E-state index in [1.807, 2.05) is 13.8 Å². The zero-order chi connectivity index (χ0) is 25.8. The molecule has 0 aliphatic carbocycles. The predicted octanol–water partition coefficient (Wildman–Crippen LogP) is -2.28. The van der Waals surface area contributed by atoms with Crippen molar-refractivity contribution >= 4 is 29.7 Å². The van der Waals surface area contributed by atoms with E-state index in [1.54, 1.807) is 0 Å². The summed E-state index contributed by atoms with van der Waals surface area (Å²) in [4.78, 5) is 66.4. The van der Waals surface area contributed by atoms with E-state index in [2.05, 4.69) is 25.9 Å². The molecule has 0 fully saturated rings. The van der Waals surface area contributed by atoms with Crippen LogP contribution in [0.25, 0.3) is 0 Å². The first-order valence-electron chi connectivity index (χ1n) is 10.6. The lowest BCUT2D eigenvalue weighted by Crippen LogP contribution is -2.58. The molecule has 34 heavy (non-hydrogen) atoms. The first kappa shape index (κ1) is 28.5. The van der Waals surface area contributed by atoms with Gasteiger partial charge in [-0.05, 0) is 18.8 Å². The number of aromatic amines is 1. The molecule has 0 bridgehead atoms. The summed E-state index contributed by atoms with van der Waals surface area (Å²) in [5, 5.41) is 34.4. The van der Waals surface area contributed by atoms with Crippen LogP contribution in [0.2, 0.25) is 0 Å². The van der Waals surface area contributed by atoms with Gasteiger partial charge in [-0.25, -0.2) is 9.78 Å². The molecule has 4 atom stereocenters. The largest absolute Gasteiger partial charge is 0.481 e. The number of aliphatic hydroxyl groups excluding tert-OH is 1. The van der Waals surface area contributed by atoms with E-state index in [0.717, 1.165) is 0 Å². The van der Waals surface area contributed by atoms with Crippen molar-refractivity contribution in [2.75, 3.05) is 6.61 Å². The van der Waals surface area contributed by atoms with Crippen LogP contribution in [0.5, 0.6) is 0 Å². The van der Waals surface area contributed by atoms with Crippen LogP contribution < -0.4 is 21.7 Å². The van der Waals surface area contributed by atoms with Crippen LogP contribution in [-0.4, -0.2) is 85.7 Å². The van der Waals surface area contributed by atoms with Gasteiger partial charge in [-0.3, -0.25) is 19.2 Å². The van der Waals surface area contributed by atoms with Gasteiger partial charge in [0, 0.05) is 24.7 Å². The van der Waals surface area contributed by atoms with Gasteiger partial charge < -0.3 is 42.0 Å². The summed E-state index contributed by atoms with van der Waals surface area (Å²) in [6.45, 7) is 2.89. The summed E-state index contributed by atoms with van der Waals surface area (Å²) >= 11 is 0. The highest BCUT2D eigenvalue weighted by Crippen LogP contribution is 2.05. The number of aromatic nitrogens is 2. The zero-order valence-corrected chi connectivity index (χ0v) is 19.0. The molecule has 0 saturated heterocycles. The number of carbonyl (C=O) groups excluding carboxylic acids is 3. The Morgan fingerprint density at radius 3 is 2.09 bits per heavy atom. The molecule has 1 rings (SSSR count). The molecular formula is C20H32N6O8. The molecule has 0 spiro atoms. The molecule has 9 N–H and O–H groups in total. The minimum atomic E-state index is -1.55. The normalized spacial score (nSPS) is 14.5. The number of carboxylic acids is 2. The number of aliphatic hydroxyl groups is 1. The fourth-order valence-corrected chi connectivity index (χ4v) is 2.98. The number of hydrogen-bond acceptors (Lipinski definition) is 8. The molecule has 0 radical (unpaired) electrons. The Balaban J connectivity index is 2.91. The number of imidazole rings is 1. The highest BCUT2D eigenvalue weighted by molar-refractivity contribution is 5.94. The fraction of sp³-hybridized carbons (Fsp3) is 0.600. The van der Waals surface area contributed by atoms with E-state index < -0.39 is 73.3 Å². The molecule has 14 nitrogen and oxygen atoms in total. The summed E-state index contributed by atoms with van der Waals surface area (Å²) in [5.41, 5.74) is 6.39. The quantitative estimate of drug-likeness (QED) is 0.133. The molecule has 4 unspecified atom stereocenters. The lowest BCUT2D eigenvalue weighted by molar-refractivity contribution is -0.143. The fourth-order valence-electron chi connectivity index (χ4n) is 2.98. The average molecular weight is 485 g/mol. The number of hydrogen-bond donors (Lipinski definition) is 8. The van der Waals surface area contributed by atoms with Crippen molar-refractivity contribution in [3.05, 3.63) is 18.2 Å². The smallest absolute Gasteiger partial charge is 0.326 e. The maximum absolute atomic E-state index is 12.9. The predicted molar refractivity (Wildman–Crippen MR) is 117 cm³/mol. The third-order valence-corrected chi connectivity index (χ3v) is 4.75. The summed E-state index contributed by atoms with van der Waals surface area (Å²) < 4.78 is 0. The minimum Gasteiger partial charge on any atom is -0.481 e. The Kier molecular flexibility index (Phi) is 11.7. The van der Waals surface area contributed by atoms with E-state index in [1.165, 1.54) is 12.5 Å². The Bertz CT molecular complexity index is 844. The highest BCUT2D eigenvalue weighted by Gasteiger charge is 2.30. The van der Waals surface area contributed by atoms with Crippen LogP contribution in [0.3, 0.4) is 0 Å². The van der Waals surface area contributed by atoms with Crippen LogP contribution in [-0.2, 0) is 30.4 Å². The van der Waals surface area contributed by atoms with E-state index >= 15 is 0 Å². The second kappa shape index (κ2) is 13.9. The van der Waals surface area contributed by atoms with Crippen molar-refractivity contribution in [3.63, 3.8) is 0 Å². The first-order valence-corrected chi connectivity index (χ1v) is 10.6. The lowest BCUT2D eigenvalue weighted by Gasteiger charge is -2.24. The number of carbonyl (C=O) groups is 5. The van der Waals surface area contributed by atoms with Gasteiger partial charge in [-0.15, -0.1) is 0 Å². The number of H-pyrrole nitrogens is 1. The molecule has 14 heteroatoms. The summed E-state index contributed by atoms with van der Waals surface area (Å²) in [7, 11) is 0. The van der Waals surface area contributed by atoms with Gasteiger partial charge in [-0.1, -0.05) is 13.8 Å². The minimum absolute atomic E-state index is 0.0257. The molecule has 3 amide bonds. The number of aliphatic carboxylic acids is 2. The second-order valence-corrected chi connectivity index (χ2v) is 8.15. The number of amides is 3. The van der Waals surface area contributed by atoms with E-state index in [9.17, 15) is 34.2 Å². The van der Waals surface area contributed by atoms with Crippen LogP contribution in [0, 0.1) is 5.92 Å². The zero-order valence-electron chi connectivity index (χ0n) is 19.0. The van der Waals surface area contributed by atoms with Crippen LogP contribution in [0.4, 0.5) is 0 Å². The second-order valence-electron chi connectivity index (χ2n) is 8.15. The SMILES string of the molecule is CC(C)CC(N)C(=O)NC(Cc1cnc[nH]1)C(=O)NC(CO)C(=O)NC(CCC(=O)O)C(=O)O. The van der Waals surface area contributed by atoms with Crippen molar-refractivity contribution in [3.8, 4) is 0 Å². The Labute approximate surface area is 195 Å². The average Bonchev–Trinajstić information content (AvgIpc) is 3.26. The summed E-state index contributed by atoms with van der Waals surface area (Å²) in [6, 6.07) is -5.15. The Morgan fingerprint density at radius 2 is 1.59 bits per heavy atom. The van der Waals surface area contributed by atoms with Crippen molar-refractivity contribution in [2.24, 2.45) is 11.7 Å². The van der Waals surface area contributed by atoms with Gasteiger partial charge >= 0.3 is 11.9 Å². The van der Waals surface area contributed by atoms with E-state index in [4.69, 9.17) is 10.8 Å². The third-order valence-electron chi connectivity index (χ3n) is 4.75. The monoisotopic (exact) mass is 484 g/mol. The van der Waals surface area contributed by atoms with Gasteiger partial charge in [0.05, 0.1) is 19.0 Å². The number of nitrogens with one attached hydrogen (secondary N) is 4. The van der Waals surface area contributed by atoms with E-state index in [0.29, 0.717) is 12.1 Å². The molecule has 0 aromatic carbocycles. The summed E-state index contributed by atoms with van der Waals surface area (Å²) in [5.74, 6) is -5.03. The molecule has 0 aliphatic rings. The maximum atomic E-state index is 12.9. The number of carboxylic acid groups (broad SMARTS) is 2. The maximum Gasteiger partial charge on any atom is 0.326 e. The summed E-state index contributed by atoms with van der Waals surface area (Å²) in [6.07, 6.45) is 2.26. The molecule has 1 aromatic rings. The third kappa shape index (κ3) is 9.95. The number of nitrogens with zero attached hydrogens (tertiary/aromatic N) is 1. The van der Waals surface area contributed by atoms with Gasteiger partial charge in [-0.2, -0.15) is 0 Å². The van der Waals surface area contributed by atoms with Gasteiger partial charge in [0.25, 0.3) is 0 Å². The van der Waals surface area contributed by atoms with Crippen molar-refractivity contribution in [2.45, 2.75) is 63.7 Å². The van der Waals surface area contributed by atoms with Gasteiger partial charge in [0.2, 0.25) is 17.7 Å². The molecule has 0 aliphatic heterocycles. The van der Waals surface area contributed by atoms with Crippen LogP contribution in [0.15, 0.2) is 12.5 Å². The lowest BCUT2D eigenvalue weighted by atomic mass is 10.0. The van der Waals surface area contributed by atoms with Crippen LogP contribution >= 0.6 is 0 Å². The van der Waals surface area contributed by atoms with Crippen molar-refractivity contribution in [1.29, 1.82) is 0 Å². The number of rotatable bonds is 15. The highest BCUT2D eigenvalue weighted by atomic mass is 16.4. The van der Waals surface area contributed by atoms with Gasteiger partial charge in [0.1, 0.15) is 18.1 Å². The van der Waals surface area contributed by atoms with Crippen LogP contribution in [0.1, 0.15) is 38.8 Å². The van der Waals surface area contributed by atoms with Crippen molar-refractivity contribution in [1.82, 2.24) is 25.9 Å². The molecule has 0 saturated carbocycles. The molecule has 1 heterocycles. The molecule has 190 valence electrons. The molecular weight excluding hydrogens is 452 g/mol. The first-order chi connectivity index (χ1) is 15.9. The van der Waals surface area contributed by atoms with E-state index in [-0.39, 0.29) is 12.3 Å². The van der Waals surface area contributed by atoms with Crippen molar-refractivity contribution < 1.29 is 39.3 Å². The number of nitrogens with two attached hydrogens (primary N) is 1. The topological polar surface area (TPSA) is 237 Å². The van der Waals surface area contributed by atoms with Gasteiger partial charge in [0.15, 0.2) is 0 Å².